The van der Waals surface area contributed by atoms with Crippen LogP contribution in [0.2, 0.25) is 0 Å². The molecular formula is C11H25NO3S. The van der Waals surface area contributed by atoms with E-state index in [2.05, 4.69) is 13.8 Å². The molecule has 1 N–H and O–H groups in total. The highest BCUT2D eigenvalue weighted by atomic mass is 32.2. The monoisotopic (exact) mass is 251 g/mol. The first-order valence-electron chi connectivity index (χ1n) is 6.07. The Labute approximate surface area is 99.8 Å². The first-order chi connectivity index (χ1) is 7.33. The quantitative estimate of drug-likeness (QED) is 0.732. The Kier molecular flexibility index (Phi) is 7.97. The van der Waals surface area contributed by atoms with Crippen molar-refractivity contribution in [1.29, 1.82) is 0 Å². The number of hydrogen-bond acceptors (Lipinski definition) is 3. The highest BCUT2D eigenvalue weighted by Crippen LogP contribution is 2.06. The minimum atomic E-state index is -3.92. The van der Waals surface area contributed by atoms with Gasteiger partial charge in [-0.15, -0.1) is 0 Å². The van der Waals surface area contributed by atoms with Gasteiger partial charge in [0, 0.05) is 6.26 Å². The van der Waals surface area contributed by atoms with Gasteiger partial charge in [-0.05, 0) is 25.2 Å². The molecule has 1 heterocycles. The van der Waals surface area contributed by atoms with Crippen molar-refractivity contribution in [3.63, 3.8) is 0 Å². The van der Waals surface area contributed by atoms with Crippen molar-refractivity contribution in [2.75, 3.05) is 25.9 Å². The number of nitrogens with one attached hydrogen (secondary N) is 1. The summed E-state index contributed by atoms with van der Waals surface area (Å²) in [6.07, 6.45) is 6.30. The maximum atomic E-state index is 9.08. The van der Waals surface area contributed by atoms with Crippen molar-refractivity contribution in [2.24, 2.45) is 5.92 Å². The lowest BCUT2D eigenvalue weighted by Gasteiger charge is -2.27. The van der Waals surface area contributed by atoms with Crippen molar-refractivity contribution in [3.05, 3.63) is 0 Å². The van der Waals surface area contributed by atoms with Crippen LogP contribution >= 0.6 is 0 Å². The van der Waals surface area contributed by atoms with E-state index in [4.69, 9.17) is 13.0 Å². The molecule has 0 radical (unpaired) electrons. The Bertz CT molecular complexity index is 246. The molecule has 5 heteroatoms. The molecule has 4 nitrogen and oxygen atoms in total. The maximum Gasteiger partial charge on any atom is 0.0916 e. The number of quaternary nitrogens is 1. The molecule has 0 amide bonds. The van der Waals surface area contributed by atoms with E-state index >= 15 is 0 Å². The van der Waals surface area contributed by atoms with E-state index in [1.165, 1.54) is 45.3 Å². The zero-order chi connectivity index (χ0) is 12.6. The Hall–Kier alpha value is -0.130. The van der Waals surface area contributed by atoms with Crippen LogP contribution in [0.1, 0.15) is 39.5 Å². The van der Waals surface area contributed by atoms with E-state index in [1.54, 1.807) is 0 Å². The van der Waals surface area contributed by atoms with Gasteiger partial charge in [0.2, 0.25) is 0 Å². The molecule has 0 aromatic rings. The zero-order valence-electron chi connectivity index (χ0n) is 10.7. The summed E-state index contributed by atoms with van der Waals surface area (Å²) in [5.74, 6) is 1.00. The van der Waals surface area contributed by atoms with E-state index in [0.717, 1.165) is 5.92 Å². The predicted octanol–water partition coefficient (Wildman–Crippen LogP) is 0.263. The topological polar surface area (TPSA) is 61.6 Å². The summed E-state index contributed by atoms with van der Waals surface area (Å²) in [6, 6.07) is 0. The fourth-order valence-electron chi connectivity index (χ4n) is 1.85. The van der Waals surface area contributed by atoms with Gasteiger partial charge in [0.15, 0.2) is 0 Å². The number of hydrogen-bond donors (Lipinski definition) is 1. The van der Waals surface area contributed by atoms with Crippen molar-refractivity contribution >= 4 is 10.1 Å². The van der Waals surface area contributed by atoms with Gasteiger partial charge in [0.1, 0.15) is 0 Å². The zero-order valence-corrected chi connectivity index (χ0v) is 11.5. The van der Waals surface area contributed by atoms with Crippen molar-refractivity contribution in [1.82, 2.24) is 0 Å². The SMILES string of the molecule is CCCC[NH+]1CCC(C)CC1.CS(=O)(=O)[O-]. The smallest absolute Gasteiger partial charge is 0.0916 e. The number of piperidine rings is 1. The lowest BCUT2D eigenvalue weighted by atomic mass is 9.99. The van der Waals surface area contributed by atoms with Crippen LogP contribution in [0.5, 0.6) is 0 Å². The van der Waals surface area contributed by atoms with Crippen LogP contribution < -0.4 is 4.90 Å². The van der Waals surface area contributed by atoms with E-state index in [0.29, 0.717) is 6.26 Å². The molecule has 0 spiro atoms. The van der Waals surface area contributed by atoms with E-state index < -0.39 is 10.1 Å². The van der Waals surface area contributed by atoms with Gasteiger partial charge in [-0.1, -0.05) is 20.3 Å². The van der Waals surface area contributed by atoms with Crippen LogP contribution in [-0.2, 0) is 10.1 Å². The molecule has 1 saturated heterocycles. The highest BCUT2D eigenvalue weighted by Gasteiger charge is 2.17. The summed E-state index contributed by atoms with van der Waals surface area (Å²) >= 11 is 0. The molecule has 1 rings (SSSR count). The van der Waals surface area contributed by atoms with E-state index in [9.17, 15) is 0 Å². The summed E-state index contributed by atoms with van der Waals surface area (Å²) < 4.78 is 27.2. The summed E-state index contributed by atoms with van der Waals surface area (Å²) in [5, 5.41) is 0. The second kappa shape index (κ2) is 8.03. The minimum absolute atomic E-state index is 0.604. The first kappa shape index (κ1) is 15.9. The lowest BCUT2D eigenvalue weighted by molar-refractivity contribution is -0.906. The normalized spacial score (nSPS) is 25.8. The molecule has 0 bridgehead atoms. The number of likely N-dealkylation sites (tertiary alicyclic amines) is 1. The fourth-order valence-corrected chi connectivity index (χ4v) is 1.85. The van der Waals surface area contributed by atoms with Gasteiger partial charge in [0.25, 0.3) is 0 Å². The molecule has 0 aromatic carbocycles. The van der Waals surface area contributed by atoms with Crippen LogP contribution in [0.25, 0.3) is 0 Å². The largest absolute Gasteiger partial charge is 0.748 e. The number of rotatable bonds is 3. The summed E-state index contributed by atoms with van der Waals surface area (Å²) in [6.45, 7) is 8.95. The second-order valence-electron chi connectivity index (χ2n) is 4.74. The van der Waals surface area contributed by atoms with Gasteiger partial charge in [-0.2, -0.15) is 0 Å². The molecule has 0 aliphatic carbocycles. The molecule has 1 fully saturated rings. The predicted molar refractivity (Wildman–Crippen MR) is 64.5 cm³/mol. The Balaban J connectivity index is 0.000000385. The summed E-state index contributed by atoms with van der Waals surface area (Å²) in [5.41, 5.74) is 0. The maximum absolute atomic E-state index is 9.08. The third kappa shape index (κ3) is 11.9. The lowest BCUT2D eigenvalue weighted by Crippen LogP contribution is -3.13. The van der Waals surface area contributed by atoms with Crippen molar-refractivity contribution in [2.45, 2.75) is 39.5 Å². The van der Waals surface area contributed by atoms with Crippen LogP contribution in [0, 0.1) is 5.92 Å². The molecule has 16 heavy (non-hydrogen) atoms. The molecule has 1 aliphatic rings. The van der Waals surface area contributed by atoms with Crippen LogP contribution in [0.4, 0.5) is 0 Å². The fraction of sp³-hybridized carbons (Fsp3) is 1.00. The Morgan fingerprint density at radius 3 is 2.12 bits per heavy atom. The van der Waals surface area contributed by atoms with Gasteiger partial charge < -0.3 is 9.45 Å². The standard InChI is InChI=1S/C10H21N.CH4O3S/c1-3-4-7-11-8-5-10(2)6-9-11;1-5(2,3)4/h10H,3-9H2,1-2H3;1H3,(H,2,3,4). The van der Waals surface area contributed by atoms with Crippen LogP contribution in [-0.4, -0.2) is 38.9 Å². The highest BCUT2D eigenvalue weighted by molar-refractivity contribution is 7.84. The Morgan fingerprint density at radius 2 is 1.75 bits per heavy atom. The second-order valence-corrected chi connectivity index (χ2v) is 6.15. The van der Waals surface area contributed by atoms with Crippen molar-refractivity contribution < 1.29 is 17.9 Å². The van der Waals surface area contributed by atoms with Crippen LogP contribution in [0.3, 0.4) is 0 Å². The molecule has 1 aliphatic heterocycles. The molecule has 98 valence electrons. The van der Waals surface area contributed by atoms with Gasteiger partial charge in [-0.25, -0.2) is 8.42 Å². The third-order valence-electron chi connectivity index (χ3n) is 2.87. The molecule has 0 aromatic heterocycles. The van der Waals surface area contributed by atoms with Crippen LogP contribution in [0.15, 0.2) is 0 Å². The molecular weight excluding hydrogens is 226 g/mol. The molecule has 0 unspecified atom stereocenters. The summed E-state index contributed by atoms with van der Waals surface area (Å²) in [7, 11) is -3.92. The minimum Gasteiger partial charge on any atom is -0.748 e. The van der Waals surface area contributed by atoms with Gasteiger partial charge in [0.05, 0.1) is 29.8 Å². The van der Waals surface area contributed by atoms with Gasteiger partial charge >= 0.3 is 0 Å². The van der Waals surface area contributed by atoms with Crippen molar-refractivity contribution in [3.8, 4) is 0 Å². The first-order valence-corrected chi connectivity index (χ1v) is 7.89. The average molecular weight is 251 g/mol. The third-order valence-corrected chi connectivity index (χ3v) is 2.87. The molecule has 0 saturated carbocycles. The summed E-state index contributed by atoms with van der Waals surface area (Å²) in [4.78, 5) is 1.85. The Morgan fingerprint density at radius 1 is 1.31 bits per heavy atom. The van der Waals surface area contributed by atoms with E-state index in [1.807, 2.05) is 4.90 Å². The molecule has 0 atom stereocenters. The van der Waals surface area contributed by atoms with E-state index in [-0.39, 0.29) is 0 Å². The average Bonchev–Trinajstić information content (AvgIpc) is 2.14. The van der Waals surface area contributed by atoms with Gasteiger partial charge in [-0.3, -0.25) is 0 Å². The number of unbranched alkanes of at least 4 members (excludes halogenated alkanes) is 1.